The van der Waals surface area contributed by atoms with Crippen molar-refractivity contribution in [3.05, 3.63) is 75.9 Å². The molecule has 10 heteroatoms. The molecule has 4 rings (SSSR count). The number of hydrogen-bond donors (Lipinski definition) is 3. The van der Waals surface area contributed by atoms with E-state index in [1.54, 1.807) is 22.7 Å². The lowest BCUT2D eigenvalue weighted by Gasteiger charge is -2.10. The summed E-state index contributed by atoms with van der Waals surface area (Å²) in [6.07, 6.45) is 1.45. The fraction of sp³-hybridized carbons (Fsp3) is 0.190. The molecule has 2 amide bonds. The van der Waals surface area contributed by atoms with Gasteiger partial charge in [0, 0.05) is 37.0 Å². The molecule has 0 atom stereocenters. The first-order chi connectivity index (χ1) is 15.1. The molecule has 0 aliphatic carbocycles. The van der Waals surface area contributed by atoms with Crippen LogP contribution >= 0.6 is 11.3 Å². The minimum absolute atomic E-state index is 0.100. The monoisotopic (exact) mass is 435 g/mol. The molecular weight excluding hydrogens is 414 g/mol. The van der Waals surface area contributed by atoms with E-state index < -0.39 is 0 Å². The van der Waals surface area contributed by atoms with Crippen LogP contribution in [0.15, 0.2) is 54.2 Å². The normalized spacial score (nSPS) is 10.7. The van der Waals surface area contributed by atoms with Gasteiger partial charge in [0.15, 0.2) is 0 Å². The largest absolute Gasteiger partial charge is 0.368 e. The Morgan fingerprint density at radius 1 is 1.06 bits per heavy atom. The average Bonchev–Trinajstić information content (AvgIpc) is 3.47. The van der Waals surface area contributed by atoms with E-state index in [4.69, 9.17) is 0 Å². The number of nitrogens with zero attached hydrogens (tertiary/aromatic N) is 4. The summed E-state index contributed by atoms with van der Waals surface area (Å²) in [5.74, 6) is 1.03. The average molecular weight is 436 g/mol. The summed E-state index contributed by atoms with van der Waals surface area (Å²) in [5.41, 5.74) is 2.32. The molecule has 3 aromatic heterocycles. The Bertz CT molecular complexity index is 1190. The Labute approximate surface area is 182 Å². The molecule has 0 saturated heterocycles. The number of amides is 2. The van der Waals surface area contributed by atoms with Crippen molar-refractivity contribution in [2.45, 2.75) is 13.5 Å². The van der Waals surface area contributed by atoms with Crippen molar-refractivity contribution in [2.75, 3.05) is 18.4 Å². The van der Waals surface area contributed by atoms with E-state index in [0.717, 1.165) is 17.1 Å². The summed E-state index contributed by atoms with van der Waals surface area (Å²) >= 11 is 1.40. The van der Waals surface area contributed by atoms with Gasteiger partial charge in [-0.25, -0.2) is 4.98 Å². The summed E-state index contributed by atoms with van der Waals surface area (Å²) in [4.78, 5) is 33.4. The molecule has 0 fully saturated rings. The molecule has 31 heavy (non-hydrogen) atoms. The fourth-order valence-electron chi connectivity index (χ4n) is 2.98. The van der Waals surface area contributed by atoms with E-state index in [9.17, 15) is 9.59 Å². The van der Waals surface area contributed by atoms with Gasteiger partial charge in [-0.1, -0.05) is 18.2 Å². The summed E-state index contributed by atoms with van der Waals surface area (Å²) in [5, 5.41) is 15.0. The van der Waals surface area contributed by atoms with Gasteiger partial charge in [0.05, 0.1) is 4.88 Å². The first-order valence-electron chi connectivity index (χ1n) is 9.70. The Morgan fingerprint density at radius 3 is 2.68 bits per heavy atom. The lowest BCUT2D eigenvalue weighted by Crippen LogP contribution is -2.29. The predicted molar refractivity (Wildman–Crippen MR) is 118 cm³/mol. The number of carbonyl (C=O) groups excluding carboxylic acids is 2. The highest BCUT2D eigenvalue weighted by atomic mass is 32.1. The van der Waals surface area contributed by atoms with E-state index in [0.29, 0.717) is 35.9 Å². The summed E-state index contributed by atoms with van der Waals surface area (Å²) < 4.78 is 1.62. The quantitative estimate of drug-likeness (QED) is 0.366. The molecule has 3 N–H and O–H groups in total. The van der Waals surface area contributed by atoms with Crippen LogP contribution in [-0.2, 0) is 6.54 Å². The molecule has 0 bridgehead atoms. The second-order valence-electron chi connectivity index (χ2n) is 6.79. The number of hydrogen-bond acceptors (Lipinski definition) is 7. The van der Waals surface area contributed by atoms with Crippen molar-refractivity contribution >= 4 is 34.7 Å². The highest BCUT2D eigenvalue weighted by Gasteiger charge is 2.08. The van der Waals surface area contributed by atoms with Gasteiger partial charge in [-0.05, 0) is 36.1 Å². The Morgan fingerprint density at radius 2 is 1.90 bits per heavy atom. The van der Waals surface area contributed by atoms with Crippen LogP contribution in [-0.4, -0.2) is 44.5 Å². The van der Waals surface area contributed by atoms with E-state index in [1.165, 1.54) is 17.7 Å². The van der Waals surface area contributed by atoms with Crippen molar-refractivity contribution in [2.24, 2.45) is 0 Å². The van der Waals surface area contributed by atoms with Crippen molar-refractivity contribution in [1.82, 2.24) is 30.2 Å². The van der Waals surface area contributed by atoms with Crippen LogP contribution in [0.5, 0.6) is 0 Å². The van der Waals surface area contributed by atoms with Crippen LogP contribution in [0.4, 0.5) is 5.82 Å². The van der Waals surface area contributed by atoms with Crippen LogP contribution in [0.25, 0.3) is 5.78 Å². The van der Waals surface area contributed by atoms with Gasteiger partial charge in [-0.3, -0.25) is 9.59 Å². The number of thiophene rings is 1. The first-order valence-corrected chi connectivity index (χ1v) is 10.6. The molecule has 0 aliphatic rings. The van der Waals surface area contributed by atoms with E-state index in [2.05, 4.69) is 31.0 Å². The molecule has 1 aromatic carbocycles. The molecule has 158 valence electrons. The maximum Gasteiger partial charge on any atom is 0.261 e. The lowest BCUT2D eigenvalue weighted by atomic mass is 10.1. The molecule has 9 nitrogen and oxygen atoms in total. The van der Waals surface area contributed by atoms with Crippen molar-refractivity contribution in [3.8, 4) is 0 Å². The Kier molecular flexibility index (Phi) is 6.18. The molecular formula is C21H21N7O2S. The van der Waals surface area contributed by atoms with Crippen molar-refractivity contribution in [3.63, 3.8) is 0 Å². The molecule has 0 saturated carbocycles. The van der Waals surface area contributed by atoms with Crippen LogP contribution in [0.2, 0.25) is 0 Å². The highest BCUT2D eigenvalue weighted by Crippen LogP contribution is 2.10. The Hall–Kier alpha value is -3.79. The lowest BCUT2D eigenvalue weighted by molar-refractivity contribution is 0.0945. The molecule has 0 radical (unpaired) electrons. The highest BCUT2D eigenvalue weighted by molar-refractivity contribution is 7.12. The van der Waals surface area contributed by atoms with Crippen molar-refractivity contribution < 1.29 is 9.59 Å². The van der Waals surface area contributed by atoms with Gasteiger partial charge in [-0.2, -0.15) is 14.6 Å². The number of aryl methyl sites for hydroxylation is 1. The second kappa shape index (κ2) is 9.35. The third kappa shape index (κ3) is 5.04. The zero-order valence-electron chi connectivity index (χ0n) is 16.8. The van der Waals surface area contributed by atoms with Crippen LogP contribution in [0.3, 0.4) is 0 Å². The molecule has 0 unspecified atom stereocenters. The smallest absolute Gasteiger partial charge is 0.261 e. The Balaban J connectivity index is 1.24. The van der Waals surface area contributed by atoms with E-state index in [1.807, 2.05) is 36.6 Å². The fourth-order valence-corrected chi connectivity index (χ4v) is 3.62. The maximum atomic E-state index is 12.4. The molecule has 4 aromatic rings. The van der Waals surface area contributed by atoms with Gasteiger partial charge in [-0.15, -0.1) is 11.3 Å². The van der Waals surface area contributed by atoms with Gasteiger partial charge < -0.3 is 16.0 Å². The van der Waals surface area contributed by atoms with E-state index >= 15 is 0 Å². The summed E-state index contributed by atoms with van der Waals surface area (Å²) in [6, 6.07) is 12.7. The van der Waals surface area contributed by atoms with Gasteiger partial charge in [0.2, 0.25) is 0 Å². The third-order valence-corrected chi connectivity index (χ3v) is 5.38. The minimum atomic E-state index is -0.159. The van der Waals surface area contributed by atoms with Crippen LogP contribution < -0.4 is 16.0 Å². The van der Waals surface area contributed by atoms with Gasteiger partial charge in [0.1, 0.15) is 12.1 Å². The number of aromatic nitrogens is 4. The number of anilines is 1. The number of fused-ring (bicyclic) bond motifs is 1. The second-order valence-corrected chi connectivity index (χ2v) is 7.74. The predicted octanol–water partition coefficient (Wildman–Crippen LogP) is 2.27. The summed E-state index contributed by atoms with van der Waals surface area (Å²) in [7, 11) is 0. The summed E-state index contributed by atoms with van der Waals surface area (Å²) in [6.45, 7) is 3.26. The number of benzene rings is 1. The number of carbonyl (C=O) groups is 2. The molecule has 0 aliphatic heterocycles. The molecule has 0 spiro atoms. The van der Waals surface area contributed by atoms with Crippen LogP contribution in [0.1, 0.15) is 31.3 Å². The number of nitrogens with one attached hydrogen (secondary N) is 3. The third-order valence-electron chi connectivity index (χ3n) is 4.51. The number of rotatable bonds is 8. The van der Waals surface area contributed by atoms with E-state index in [-0.39, 0.29) is 11.8 Å². The minimum Gasteiger partial charge on any atom is -0.368 e. The SMILES string of the molecule is Cc1cc(NCCNC(=O)c2ccc(CNC(=O)c3cccs3)cc2)n2ncnc2n1. The topological polar surface area (TPSA) is 113 Å². The van der Waals surface area contributed by atoms with Crippen molar-refractivity contribution in [1.29, 1.82) is 0 Å². The zero-order valence-corrected chi connectivity index (χ0v) is 17.6. The van der Waals surface area contributed by atoms with Gasteiger partial charge in [0.25, 0.3) is 17.6 Å². The van der Waals surface area contributed by atoms with Gasteiger partial charge >= 0.3 is 0 Å². The standard InChI is InChI=1S/C21H21N7O2S/c1-14-11-18(28-21(27-14)25-13-26-28)22-8-9-23-19(29)16-6-4-15(5-7-16)12-24-20(30)17-3-2-10-31-17/h2-7,10-11,13,22H,8-9,12H2,1H3,(H,23,29)(H,24,30). The first kappa shape index (κ1) is 20.5. The van der Waals surface area contributed by atoms with Crippen LogP contribution in [0, 0.1) is 6.92 Å². The maximum absolute atomic E-state index is 12.4. The zero-order chi connectivity index (χ0) is 21.6. The molecule has 3 heterocycles.